The quantitative estimate of drug-likeness (QED) is 0.601. The van der Waals surface area contributed by atoms with Gasteiger partial charge < -0.3 is 5.11 Å². The van der Waals surface area contributed by atoms with Crippen molar-refractivity contribution in [1.82, 2.24) is 0 Å². The molecule has 1 rings (SSSR count). The molecule has 1 atom stereocenters. The zero-order valence-electron chi connectivity index (χ0n) is 9.42. The summed E-state index contributed by atoms with van der Waals surface area (Å²) in [7, 11) is 0. The van der Waals surface area contributed by atoms with Crippen molar-refractivity contribution in [2.75, 3.05) is 0 Å². The molecule has 0 heterocycles. The summed E-state index contributed by atoms with van der Waals surface area (Å²) in [5.74, 6) is -2.15. The van der Waals surface area contributed by atoms with Gasteiger partial charge in [0.2, 0.25) is 6.04 Å². The predicted octanol–water partition coefficient (Wildman–Crippen LogP) is 1.72. The third-order valence-corrected chi connectivity index (χ3v) is 2.39. The van der Waals surface area contributed by atoms with Crippen LogP contribution in [-0.4, -0.2) is 22.9 Å². The van der Waals surface area contributed by atoms with Crippen molar-refractivity contribution in [1.29, 1.82) is 0 Å². The van der Waals surface area contributed by atoms with E-state index in [2.05, 4.69) is 5.18 Å². The van der Waals surface area contributed by atoms with Crippen molar-refractivity contribution in [3.63, 3.8) is 0 Å². The van der Waals surface area contributed by atoms with E-state index in [4.69, 9.17) is 5.11 Å². The van der Waals surface area contributed by atoms with E-state index in [9.17, 15) is 14.5 Å². The second kappa shape index (κ2) is 5.89. The first-order valence-electron chi connectivity index (χ1n) is 5.18. The van der Waals surface area contributed by atoms with Gasteiger partial charge in [-0.05, 0) is 24.1 Å². The predicted molar refractivity (Wildman–Crippen MR) is 61.7 cm³/mol. The molecule has 0 spiro atoms. The van der Waals surface area contributed by atoms with E-state index in [1.165, 1.54) is 0 Å². The first-order chi connectivity index (χ1) is 8.04. The second-order valence-electron chi connectivity index (χ2n) is 3.80. The largest absolute Gasteiger partial charge is 0.479 e. The molecular weight excluding hydrogens is 222 g/mol. The molecule has 0 radical (unpaired) electrons. The highest BCUT2D eigenvalue weighted by molar-refractivity contribution is 6.02. The maximum atomic E-state index is 11.4. The molecule has 0 aliphatic rings. The maximum absolute atomic E-state index is 11.4. The summed E-state index contributed by atoms with van der Waals surface area (Å²) >= 11 is 0. The Kier molecular flexibility index (Phi) is 4.51. The third kappa shape index (κ3) is 3.79. The summed E-state index contributed by atoms with van der Waals surface area (Å²) in [6.45, 7) is 1.93. The van der Waals surface area contributed by atoms with Gasteiger partial charge in [-0.15, -0.1) is 4.91 Å². The van der Waals surface area contributed by atoms with Crippen molar-refractivity contribution < 1.29 is 14.7 Å². The average molecular weight is 235 g/mol. The first-order valence-corrected chi connectivity index (χ1v) is 5.18. The lowest BCUT2D eigenvalue weighted by Gasteiger charge is -2.04. The molecule has 1 unspecified atom stereocenters. The number of benzene rings is 1. The van der Waals surface area contributed by atoms with Crippen LogP contribution < -0.4 is 0 Å². The van der Waals surface area contributed by atoms with Gasteiger partial charge >= 0.3 is 5.97 Å². The van der Waals surface area contributed by atoms with Crippen LogP contribution in [-0.2, 0) is 16.0 Å². The highest BCUT2D eigenvalue weighted by atomic mass is 16.4. The number of nitrogens with zero attached hydrogens (tertiary/aromatic N) is 1. The monoisotopic (exact) mass is 235 g/mol. The van der Waals surface area contributed by atoms with Crippen molar-refractivity contribution in [3.05, 3.63) is 40.3 Å². The molecule has 0 amide bonds. The number of aryl methyl sites for hydroxylation is 2. The summed E-state index contributed by atoms with van der Waals surface area (Å²) in [6, 6.07) is 5.78. The number of hydrogen-bond acceptors (Lipinski definition) is 4. The molecular formula is C12H13NO4. The molecule has 0 aliphatic heterocycles. The van der Waals surface area contributed by atoms with Crippen LogP contribution in [0.1, 0.15) is 17.5 Å². The molecule has 5 heteroatoms. The van der Waals surface area contributed by atoms with Crippen LogP contribution in [0.2, 0.25) is 0 Å². The summed E-state index contributed by atoms with van der Waals surface area (Å²) in [5, 5.41) is 10.9. The summed E-state index contributed by atoms with van der Waals surface area (Å²) in [4.78, 5) is 32.1. The number of nitroso groups, excluding NO2 is 1. The van der Waals surface area contributed by atoms with Gasteiger partial charge in [0.15, 0.2) is 5.78 Å². The van der Waals surface area contributed by atoms with Gasteiger partial charge in [0, 0.05) is 6.42 Å². The van der Waals surface area contributed by atoms with E-state index in [1.807, 2.05) is 31.2 Å². The Bertz CT molecular complexity index is 442. The van der Waals surface area contributed by atoms with Crippen LogP contribution in [0.4, 0.5) is 0 Å². The second-order valence-corrected chi connectivity index (χ2v) is 3.80. The average Bonchev–Trinajstić information content (AvgIpc) is 2.27. The zero-order valence-corrected chi connectivity index (χ0v) is 9.42. The Balaban J connectivity index is 2.59. The molecule has 0 saturated heterocycles. The van der Waals surface area contributed by atoms with Gasteiger partial charge in [0.1, 0.15) is 0 Å². The van der Waals surface area contributed by atoms with Crippen molar-refractivity contribution in [2.45, 2.75) is 25.8 Å². The topological polar surface area (TPSA) is 83.8 Å². The number of Topliss-reactive ketones (excluding diaryl/α,β-unsaturated/α-hetero) is 1. The minimum atomic E-state index is -1.78. The summed E-state index contributed by atoms with van der Waals surface area (Å²) in [6.07, 6.45) is 0.423. The van der Waals surface area contributed by atoms with Crippen LogP contribution in [0.5, 0.6) is 0 Å². The molecule has 5 nitrogen and oxygen atoms in total. The number of carbonyl (C=O) groups is 2. The van der Waals surface area contributed by atoms with Crippen LogP contribution in [0.3, 0.4) is 0 Å². The van der Waals surface area contributed by atoms with Crippen LogP contribution in [0, 0.1) is 11.8 Å². The normalized spacial score (nSPS) is 11.8. The van der Waals surface area contributed by atoms with Gasteiger partial charge in [0.25, 0.3) is 0 Å². The van der Waals surface area contributed by atoms with Crippen LogP contribution in [0.15, 0.2) is 29.4 Å². The molecule has 1 aromatic rings. The highest BCUT2D eigenvalue weighted by Gasteiger charge is 2.26. The Morgan fingerprint density at radius 1 is 1.41 bits per heavy atom. The fourth-order valence-corrected chi connectivity index (χ4v) is 1.51. The molecule has 1 N–H and O–H groups in total. The standard InChI is InChI=1S/C12H13NO4/c1-8-3-2-4-9(7-8)5-6-10(14)11(13-17)12(15)16/h2-4,7,11H,5-6H2,1H3,(H,15,16). The lowest BCUT2D eigenvalue weighted by molar-refractivity contribution is -0.142. The minimum Gasteiger partial charge on any atom is -0.479 e. The van der Waals surface area contributed by atoms with E-state index in [1.54, 1.807) is 0 Å². The number of aliphatic carboxylic acids is 1. The minimum absolute atomic E-state index is 0.00611. The molecule has 0 fully saturated rings. The maximum Gasteiger partial charge on any atom is 0.339 e. The SMILES string of the molecule is Cc1cccc(CCC(=O)C(N=O)C(=O)O)c1. The van der Waals surface area contributed by atoms with Crippen molar-refractivity contribution in [2.24, 2.45) is 5.18 Å². The molecule has 90 valence electrons. The Labute approximate surface area is 98.4 Å². The molecule has 0 bridgehead atoms. The van der Waals surface area contributed by atoms with Gasteiger partial charge in [-0.2, -0.15) is 0 Å². The number of carboxylic acid groups (broad SMARTS) is 1. The van der Waals surface area contributed by atoms with E-state index < -0.39 is 17.8 Å². The fourth-order valence-electron chi connectivity index (χ4n) is 1.51. The van der Waals surface area contributed by atoms with Gasteiger partial charge in [-0.3, -0.25) is 4.79 Å². The number of hydrogen-bond donors (Lipinski definition) is 1. The molecule has 1 aromatic carbocycles. The van der Waals surface area contributed by atoms with Crippen molar-refractivity contribution >= 4 is 11.8 Å². The number of rotatable bonds is 6. The number of ketones is 1. The lowest BCUT2D eigenvalue weighted by Crippen LogP contribution is -2.27. The Hall–Kier alpha value is -2.04. The first kappa shape index (κ1) is 13.0. The van der Waals surface area contributed by atoms with Gasteiger partial charge in [0.05, 0.1) is 0 Å². The van der Waals surface area contributed by atoms with Crippen molar-refractivity contribution in [3.8, 4) is 0 Å². The smallest absolute Gasteiger partial charge is 0.339 e. The number of carboxylic acids is 1. The fraction of sp³-hybridized carbons (Fsp3) is 0.333. The van der Waals surface area contributed by atoms with Crippen LogP contribution >= 0.6 is 0 Å². The molecule has 0 saturated carbocycles. The van der Waals surface area contributed by atoms with Gasteiger partial charge in [-0.1, -0.05) is 29.8 Å². The lowest BCUT2D eigenvalue weighted by atomic mass is 10.0. The molecule has 17 heavy (non-hydrogen) atoms. The molecule has 0 aromatic heterocycles. The summed E-state index contributed by atoms with van der Waals surface area (Å²) < 4.78 is 0. The summed E-state index contributed by atoms with van der Waals surface area (Å²) in [5.41, 5.74) is 2.01. The van der Waals surface area contributed by atoms with E-state index in [0.29, 0.717) is 6.42 Å². The third-order valence-electron chi connectivity index (χ3n) is 2.39. The number of carbonyl (C=O) groups excluding carboxylic acids is 1. The Morgan fingerprint density at radius 2 is 2.12 bits per heavy atom. The van der Waals surface area contributed by atoms with E-state index in [0.717, 1.165) is 11.1 Å². The van der Waals surface area contributed by atoms with Gasteiger partial charge in [-0.25, -0.2) is 4.79 Å². The highest BCUT2D eigenvalue weighted by Crippen LogP contribution is 2.08. The zero-order chi connectivity index (χ0) is 12.8. The Morgan fingerprint density at radius 3 is 2.65 bits per heavy atom. The van der Waals surface area contributed by atoms with Crippen LogP contribution in [0.25, 0.3) is 0 Å². The van der Waals surface area contributed by atoms with E-state index >= 15 is 0 Å². The van der Waals surface area contributed by atoms with E-state index in [-0.39, 0.29) is 6.42 Å². The molecule has 0 aliphatic carbocycles.